The van der Waals surface area contributed by atoms with Crippen LogP contribution >= 0.6 is 23.2 Å². The second kappa shape index (κ2) is 5.95. The van der Waals surface area contributed by atoms with Gasteiger partial charge in [-0.25, -0.2) is 0 Å². The van der Waals surface area contributed by atoms with Gasteiger partial charge in [-0.05, 0) is 34.9 Å². The molecular formula is C16H22Cl2O2. The predicted octanol–water partition coefficient (Wildman–Crippen LogP) is 5.63. The van der Waals surface area contributed by atoms with E-state index in [1.54, 1.807) is 0 Å². The molecule has 0 aliphatic carbocycles. The molecule has 2 nitrogen and oxygen atoms in total. The summed E-state index contributed by atoms with van der Waals surface area (Å²) in [5, 5.41) is 0.731. The van der Waals surface area contributed by atoms with Crippen LogP contribution in [0.2, 0.25) is 10.0 Å². The zero-order chi connectivity index (χ0) is 15.7. The van der Waals surface area contributed by atoms with E-state index in [1.165, 1.54) is 6.92 Å². The van der Waals surface area contributed by atoms with E-state index in [0.717, 1.165) is 12.0 Å². The minimum absolute atomic E-state index is 0.0692. The molecule has 0 saturated heterocycles. The van der Waals surface area contributed by atoms with Crippen molar-refractivity contribution in [3.05, 3.63) is 27.7 Å². The molecule has 1 aromatic carbocycles. The predicted molar refractivity (Wildman–Crippen MR) is 84.9 cm³/mol. The molecule has 0 atom stereocenters. The van der Waals surface area contributed by atoms with Gasteiger partial charge in [-0.2, -0.15) is 0 Å². The summed E-state index contributed by atoms with van der Waals surface area (Å²) in [5.74, 6) is -0.202. The van der Waals surface area contributed by atoms with Crippen LogP contribution < -0.4 is 4.74 Å². The molecule has 1 rings (SSSR count). The van der Waals surface area contributed by atoms with Crippen molar-refractivity contribution in [1.82, 2.24) is 0 Å². The van der Waals surface area contributed by atoms with Gasteiger partial charge in [-0.15, -0.1) is 0 Å². The molecular weight excluding hydrogens is 295 g/mol. The standard InChI is InChI=1S/C16H22Cl2O2/c1-10(19)20-14-12(17)7-11(8-13(14)18)16(5,6)9-15(2,3)4/h7-8H,9H2,1-6H3. The Labute approximate surface area is 131 Å². The Bertz CT molecular complexity index is 491. The van der Waals surface area contributed by atoms with E-state index in [2.05, 4.69) is 34.6 Å². The maximum absolute atomic E-state index is 11.0. The SMILES string of the molecule is CC(=O)Oc1c(Cl)cc(C(C)(C)CC(C)(C)C)cc1Cl. The summed E-state index contributed by atoms with van der Waals surface area (Å²) in [4.78, 5) is 11.0. The highest BCUT2D eigenvalue weighted by Crippen LogP contribution is 2.42. The van der Waals surface area contributed by atoms with Crippen molar-refractivity contribution in [3.63, 3.8) is 0 Å². The summed E-state index contributed by atoms with van der Waals surface area (Å²) in [6.07, 6.45) is 0.986. The molecule has 20 heavy (non-hydrogen) atoms. The molecule has 0 heterocycles. The van der Waals surface area contributed by atoms with Gasteiger partial charge >= 0.3 is 5.97 Å². The fourth-order valence-corrected chi connectivity index (χ4v) is 3.18. The summed E-state index contributed by atoms with van der Waals surface area (Å²) in [5.41, 5.74) is 1.16. The number of halogens is 2. The molecule has 0 amide bonds. The Hall–Kier alpha value is -0.730. The number of esters is 1. The zero-order valence-corrected chi connectivity index (χ0v) is 14.4. The lowest BCUT2D eigenvalue weighted by atomic mass is 9.72. The molecule has 0 radical (unpaired) electrons. The lowest BCUT2D eigenvalue weighted by Gasteiger charge is -2.33. The minimum Gasteiger partial charge on any atom is -0.424 e. The van der Waals surface area contributed by atoms with Gasteiger partial charge in [-0.3, -0.25) is 4.79 Å². The highest BCUT2D eigenvalue weighted by atomic mass is 35.5. The highest BCUT2D eigenvalue weighted by molar-refractivity contribution is 6.37. The van der Waals surface area contributed by atoms with Crippen LogP contribution in [0, 0.1) is 5.41 Å². The average molecular weight is 317 g/mol. The number of hydrogen-bond donors (Lipinski definition) is 0. The molecule has 4 heteroatoms. The second-order valence-corrected chi connectivity index (χ2v) is 7.80. The molecule has 0 aromatic heterocycles. The largest absolute Gasteiger partial charge is 0.424 e. The smallest absolute Gasteiger partial charge is 0.308 e. The van der Waals surface area contributed by atoms with Gasteiger partial charge in [0.1, 0.15) is 0 Å². The molecule has 0 aliphatic heterocycles. The lowest BCUT2D eigenvalue weighted by Crippen LogP contribution is -2.24. The second-order valence-electron chi connectivity index (χ2n) is 6.98. The third-order valence-electron chi connectivity index (χ3n) is 3.00. The Morgan fingerprint density at radius 2 is 1.55 bits per heavy atom. The monoisotopic (exact) mass is 316 g/mol. The van der Waals surface area contributed by atoms with E-state index >= 15 is 0 Å². The third-order valence-corrected chi connectivity index (χ3v) is 3.56. The summed E-state index contributed by atoms with van der Waals surface area (Å²) in [6, 6.07) is 3.66. The fourth-order valence-electron chi connectivity index (χ4n) is 2.62. The van der Waals surface area contributed by atoms with E-state index in [9.17, 15) is 4.79 Å². The quantitative estimate of drug-likeness (QED) is 0.533. The zero-order valence-electron chi connectivity index (χ0n) is 12.9. The van der Waals surface area contributed by atoms with Crippen molar-refractivity contribution in [1.29, 1.82) is 0 Å². The van der Waals surface area contributed by atoms with E-state index in [0.29, 0.717) is 10.0 Å². The van der Waals surface area contributed by atoms with Gasteiger partial charge in [0.25, 0.3) is 0 Å². The number of rotatable bonds is 3. The van der Waals surface area contributed by atoms with Crippen LogP contribution in [0.3, 0.4) is 0 Å². The van der Waals surface area contributed by atoms with Gasteiger partial charge in [0.15, 0.2) is 5.75 Å². The molecule has 0 N–H and O–H groups in total. The molecule has 0 bridgehead atoms. The van der Waals surface area contributed by atoms with E-state index in [1.807, 2.05) is 12.1 Å². The van der Waals surface area contributed by atoms with Crippen LogP contribution in [0.5, 0.6) is 5.75 Å². The van der Waals surface area contributed by atoms with Crippen LogP contribution in [-0.2, 0) is 10.2 Å². The average Bonchev–Trinajstić information content (AvgIpc) is 2.19. The first-order chi connectivity index (χ1) is 8.92. The van der Waals surface area contributed by atoms with Crippen LogP contribution in [0.1, 0.15) is 53.5 Å². The fraction of sp³-hybridized carbons (Fsp3) is 0.562. The topological polar surface area (TPSA) is 26.3 Å². The van der Waals surface area contributed by atoms with Crippen LogP contribution in [-0.4, -0.2) is 5.97 Å². The summed E-state index contributed by atoms with van der Waals surface area (Å²) in [6.45, 7) is 12.2. The maximum atomic E-state index is 11.0. The van der Waals surface area contributed by atoms with E-state index in [4.69, 9.17) is 27.9 Å². The van der Waals surface area contributed by atoms with Crippen molar-refractivity contribution >= 4 is 29.2 Å². The Balaban J connectivity index is 3.19. The minimum atomic E-state index is -0.435. The van der Waals surface area contributed by atoms with Crippen LogP contribution in [0.15, 0.2) is 12.1 Å². The van der Waals surface area contributed by atoms with Crippen molar-refractivity contribution in [2.24, 2.45) is 5.41 Å². The van der Waals surface area contributed by atoms with Gasteiger partial charge in [-0.1, -0.05) is 57.8 Å². The lowest BCUT2D eigenvalue weighted by molar-refractivity contribution is -0.131. The van der Waals surface area contributed by atoms with Crippen molar-refractivity contribution < 1.29 is 9.53 Å². The van der Waals surface area contributed by atoms with Gasteiger partial charge < -0.3 is 4.74 Å². The summed E-state index contributed by atoms with van der Waals surface area (Å²) < 4.78 is 5.04. The molecule has 0 aliphatic rings. The first kappa shape index (κ1) is 17.3. The summed E-state index contributed by atoms with van der Waals surface area (Å²) >= 11 is 12.4. The Morgan fingerprint density at radius 1 is 1.10 bits per heavy atom. The molecule has 0 unspecified atom stereocenters. The Morgan fingerprint density at radius 3 is 1.90 bits per heavy atom. The van der Waals surface area contributed by atoms with Gasteiger partial charge in [0.05, 0.1) is 10.0 Å². The first-order valence-corrected chi connectivity index (χ1v) is 7.36. The molecule has 0 saturated carbocycles. The van der Waals surface area contributed by atoms with Crippen molar-refractivity contribution in [3.8, 4) is 5.75 Å². The first-order valence-electron chi connectivity index (χ1n) is 6.60. The number of hydrogen-bond acceptors (Lipinski definition) is 2. The van der Waals surface area contributed by atoms with Crippen LogP contribution in [0.25, 0.3) is 0 Å². The Kier molecular flexibility index (Phi) is 5.15. The number of ether oxygens (including phenoxy) is 1. The highest BCUT2D eigenvalue weighted by Gasteiger charge is 2.28. The van der Waals surface area contributed by atoms with Crippen molar-refractivity contribution in [2.45, 2.75) is 53.4 Å². The third kappa shape index (κ3) is 4.68. The number of carbonyl (C=O) groups is 1. The van der Waals surface area contributed by atoms with E-state index < -0.39 is 5.97 Å². The van der Waals surface area contributed by atoms with Crippen molar-refractivity contribution in [2.75, 3.05) is 0 Å². The summed E-state index contributed by atoms with van der Waals surface area (Å²) in [7, 11) is 0. The normalized spacial score (nSPS) is 12.4. The number of benzene rings is 1. The molecule has 1 aromatic rings. The van der Waals surface area contributed by atoms with Gasteiger partial charge in [0.2, 0.25) is 0 Å². The van der Waals surface area contributed by atoms with Crippen LogP contribution in [0.4, 0.5) is 0 Å². The molecule has 0 fully saturated rings. The maximum Gasteiger partial charge on any atom is 0.308 e. The van der Waals surface area contributed by atoms with Gasteiger partial charge in [0, 0.05) is 6.92 Å². The van der Waals surface area contributed by atoms with E-state index in [-0.39, 0.29) is 16.6 Å². The molecule has 0 spiro atoms. The molecule has 112 valence electrons. The number of carbonyl (C=O) groups excluding carboxylic acids is 1.